The predicted molar refractivity (Wildman–Crippen MR) is 49.9 cm³/mol. The lowest BCUT2D eigenvalue weighted by atomic mass is 10.1. The number of carbonyl (C=O) groups excluding carboxylic acids is 1. The van der Waals surface area contributed by atoms with Gasteiger partial charge in [0.05, 0.1) is 18.6 Å². The summed E-state index contributed by atoms with van der Waals surface area (Å²) in [6.07, 6.45) is -0.0952. The van der Waals surface area contributed by atoms with Crippen LogP contribution < -0.4 is 10.6 Å². The van der Waals surface area contributed by atoms with E-state index in [1.54, 1.807) is 0 Å². The van der Waals surface area contributed by atoms with Crippen molar-refractivity contribution >= 4 is 5.91 Å². The molecule has 1 aliphatic heterocycles. The molecule has 0 radical (unpaired) electrons. The van der Waals surface area contributed by atoms with Gasteiger partial charge >= 0.3 is 0 Å². The van der Waals surface area contributed by atoms with Crippen LogP contribution in [0.25, 0.3) is 0 Å². The van der Waals surface area contributed by atoms with Gasteiger partial charge in [0, 0.05) is 0 Å². The van der Waals surface area contributed by atoms with E-state index in [9.17, 15) is 9.90 Å². The number of hydrogen-bond acceptors (Lipinski definition) is 5. The molecule has 6 heteroatoms. The molecule has 0 aromatic rings. The molecule has 1 saturated heterocycles. The van der Waals surface area contributed by atoms with Crippen molar-refractivity contribution in [2.45, 2.75) is 37.6 Å². The average molecular weight is 208 g/mol. The first-order valence-electron chi connectivity index (χ1n) is 4.68. The molecule has 1 aliphatic rings. The number of amides is 1. The molecule has 0 aromatic carbocycles. The summed E-state index contributed by atoms with van der Waals surface area (Å²) < 4.78 is 0. The van der Waals surface area contributed by atoms with E-state index in [4.69, 9.17) is 10.5 Å². The van der Waals surface area contributed by atoms with Crippen molar-refractivity contribution in [2.75, 3.05) is 0 Å². The SMILES string of the molecule is N#CCC1NC(O)CCC(C#N)NC1=O. The first kappa shape index (κ1) is 11.4. The smallest absolute Gasteiger partial charge is 0.239 e. The van der Waals surface area contributed by atoms with Gasteiger partial charge in [-0.3, -0.25) is 10.1 Å². The summed E-state index contributed by atoms with van der Waals surface area (Å²) in [5.41, 5.74) is 0. The molecule has 1 heterocycles. The molecule has 1 amide bonds. The van der Waals surface area contributed by atoms with Crippen LogP contribution in [0.5, 0.6) is 0 Å². The van der Waals surface area contributed by atoms with Crippen molar-refractivity contribution in [2.24, 2.45) is 0 Å². The van der Waals surface area contributed by atoms with Gasteiger partial charge in [0.1, 0.15) is 18.3 Å². The van der Waals surface area contributed by atoms with Crippen molar-refractivity contribution in [3.05, 3.63) is 0 Å². The van der Waals surface area contributed by atoms with Crippen LogP contribution in [-0.4, -0.2) is 29.3 Å². The molecule has 0 aliphatic carbocycles. The highest BCUT2D eigenvalue weighted by molar-refractivity contribution is 5.82. The van der Waals surface area contributed by atoms with Gasteiger partial charge in [-0.2, -0.15) is 10.5 Å². The molecule has 1 rings (SSSR count). The first-order valence-corrected chi connectivity index (χ1v) is 4.68. The Labute approximate surface area is 87.5 Å². The van der Waals surface area contributed by atoms with Crippen LogP contribution in [0.3, 0.4) is 0 Å². The lowest BCUT2D eigenvalue weighted by molar-refractivity contribution is -0.125. The second kappa shape index (κ2) is 5.30. The fourth-order valence-corrected chi connectivity index (χ4v) is 1.40. The van der Waals surface area contributed by atoms with E-state index in [1.807, 2.05) is 12.1 Å². The molecule has 80 valence electrons. The molecule has 6 nitrogen and oxygen atoms in total. The van der Waals surface area contributed by atoms with Gasteiger partial charge in [0.15, 0.2) is 0 Å². The highest BCUT2D eigenvalue weighted by Gasteiger charge is 2.26. The number of rotatable bonds is 1. The van der Waals surface area contributed by atoms with E-state index >= 15 is 0 Å². The summed E-state index contributed by atoms with van der Waals surface area (Å²) in [7, 11) is 0. The Morgan fingerprint density at radius 1 is 1.47 bits per heavy atom. The maximum Gasteiger partial charge on any atom is 0.239 e. The van der Waals surface area contributed by atoms with E-state index in [0.29, 0.717) is 12.8 Å². The Morgan fingerprint density at radius 3 is 2.80 bits per heavy atom. The van der Waals surface area contributed by atoms with Gasteiger partial charge in [-0.05, 0) is 12.8 Å². The molecule has 0 bridgehead atoms. The van der Waals surface area contributed by atoms with E-state index in [1.165, 1.54) is 0 Å². The Balaban J connectivity index is 2.70. The van der Waals surface area contributed by atoms with Gasteiger partial charge in [-0.25, -0.2) is 0 Å². The quantitative estimate of drug-likeness (QED) is 0.511. The van der Waals surface area contributed by atoms with Crippen LogP contribution >= 0.6 is 0 Å². The van der Waals surface area contributed by atoms with Crippen molar-refractivity contribution in [3.8, 4) is 12.1 Å². The maximum absolute atomic E-state index is 11.5. The van der Waals surface area contributed by atoms with Crippen LogP contribution in [0.1, 0.15) is 19.3 Å². The number of nitrogens with zero attached hydrogens (tertiary/aromatic N) is 2. The monoisotopic (exact) mass is 208 g/mol. The standard InChI is InChI=1S/C9H12N4O2/c10-4-3-7-9(15)12-6(5-11)1-2-8(14)13-7/h6-8,13-14H,1-3H2,(H,12,15). The van der Waals surface area contributed by atoms with Gasteiger partial charge in [-0.15, -0.1) is 0 Å². The Morgan fingerprint density at radius 2 is 2.20 bits per heavy atom. The van der Waals surface area contributed by atoms with Crippen molar-refractivity contribution in [1.29, 1.82) is 10.5 Å². The second-order valence-electron chi connectivity index (χ2n) is 3.36. The number of nitrogens with one attached hydrogen (secondary N) is 2. The molecular formula is C9H12N4O2. The summed E-state index contributed by atoms with van der Waals surface area (Å²) in [6, 6.07) is 2.45. The molecule has 0 spiro atoms. The predicted octanol–water partition coefficient (Wildman–Crippen LogP) is -1.02. The molecule has 15 heavy (non-hydrogen) atoms. The third-order valence-electron chi connectivity index (χ3n) is 2.21. The Hall–Kier alpha value is -1.63. The summed E-state index contributed by atoms with van der Waals surface area (Å²) in [5, 5.41) is 31.7. The second-order valence-corrected chi connectivity index (χ2v) is 3.36. The van der Waals surface area contributed by atoms with E-state index in [2.05, 4.69) is 10.6 Å². The highest BCUT2D eigenvalue weighted by atomic mass is 16.3. The number of aliphatic hydroxyl groups excluding tert-OH is 1. The van der Waals surface area contributed by atoms with Gasteiger partial charge < -0.3 is 10.4 Å². The van der Waals surface area contributed by atoms with E-state index in [0.717, 1.165) is 0 Å². The molecule has 0 aromatic heterocycles. The third kappa shape index (κ3) is 3.21. The van der Waals surface area contributed by atoms with E-state index in [-0.39, 0.29) is 6.42 Å². The van der Waals surface area contributed by atoms with Crippen LogP contribution in [-0.2, 0) is 4.79 Å². The Kier molecular flexibility index (Phi) is 4.04. The summed E-state index contributed by atoms with van der Waals surface area (Å²) in [4.78, 5) is 11.5. The fourth-order valence-electron chi connectivity index (χ4n) is 1.40. The third-order valence-corrected chi connectivity index (χ3v) is 2.21. The minimum absolute atomic E-state index is 0.0267. The minimum atomic E-state index is -0.842. The van der Waals surface area contributed by atoms with Gasteiger partial charge in [-0.1, -0.05) is 0 Å². The number of aliphatic hydroxyl groups is 1. The van der Waals surface area contributed by atoms with Crippen molar-refractivity contribution in [3.63, 3.8) is 0 Å². The van der Waals surface area contributed by atoms with Crippen LogP contribution in [0.2, 0.25) is 0 Å². The van der Waals surface area contributed by atoms with Crippen LogP contribution in [0.4, 0.5) is 0 Å². The van der Waals surface area contributed by atoms with E-state index < -0.39 is 24.2 Å². The molecular weight excluding hydrogens is 196 g/mol. The zero-order chi connectivity index (χ0) is 11.3. The van der Waals surface area contributed by atoms with Crippen LogP contribution in [0, 0.1) is 22.7 Å². The summed E-state index contributed by atoms with van der Waals surface area (Å²) >= 11 is 0. The molecule has 0 saturated carbocycles. The molecule has 3 N–H and O–H groups in total. The molecule has 3 atom stereocenters. The van der Waals surface area contributed by atoms with Gasteiger partial charge in [0.25, 0.3) is 0 Å². The van der Waals surface area contributed by atoms with Crippen molar-refractivity contribution < 1.29 is 9.90 Å². The van der Waals surface area contributed by atoms with Crippen LogP contribution in [0.15, 0.2) is 0 Å². The zero-order valence-electron chi connectivity index (χ0n) is 8.10. The molecule has 1 fully saturated rings. The van der Waals surface area contributed by atoms with Crippen molar-refractivity contribution in [1.82, 2.24) is 10.6 Å². The highest BCUT2D eigenvalue weighted by Crippen LogP contribution is 2.06. The van der Waals surface area contributed by atoms with Gasteiger partial charge in [0.2, 0.25) is 5.91 Å². The lowest BCUT2D eigenvalue weighted by Gasteiger charge is -2.25. The minimum Gasteiger partial charge on any atom is -0.379 e. The maximum atomic E-state index is 11.5. The first-order chi connectivity index (χ1) is 7.17. The zero-order valence-corrected chi connectivity index (χ0v) is 8.10. The Bertz CT molecular complexity index is 317. The topological polar surface area (TPSA) is 109 Å². The fraction of sp³-hybridized carbons (Fsp3) is 0.667. The number of hydrogen-bond donors (Lipinski definition) is 3. The number of nitriles is 2. The normalized spacial score (nSPS) is 31.7. The largest absolute Gasteiger partial charge is 0.379 e. The summed E-state index contributed by atoms with van der Waals surface area (Å²) in [6.45, 7) is 0. The molecule has 3 unspecified atom stereocenters. The average Bonchev–Trinajstić information content (AvgIpc) is 2.21. The number of carbonyl (C=O) groups is 1. The summed E-state index contributed by atoms with van der Waals surface area (Å²) in [5.74, 6) is -0.415. The lowest BCUT2D eigenvalue weighted by Crippen LogP contribution is -2.53.